The Morgan fingerprint density at radius 3 is 2.89 bits per heavy atom. The van der Waals surface area contributed by atoms with Crippen molar-refractivity contribution in [2.24, 2.45) is 10.9 Å². The Kier molecular flexibility index (Phi) is 5.53. The Morgan fingerprint density at radius 1 is 1.50 bits per heavy atom. The maximum absolute atomic E-state index is 11.7. The second kappa shape index (κ2) is 6.92. The lowest BCUT2D eigenvalue weighted by Crippen LogP contribution is -2.25. The zero-order valence-electron chi connectivity index (χ0n) is 9.78. The largest absolute Gasteiger partial charge is 0.409 e. The summed E-state index contributed by atoms with van der Waals surface area (Å²) in [6, 6.07) is 3.04. The van der Waals surface area contributed by atoms with Gasteiger partial charge in [0.05, 0.1) is 0 Å². The number of oxime groups is 1. The third kappa shape index (κ3) is 4.68. The summed E-state index contributed by atoms with van der Waals surface area (Å²) < 4.78 is 25.9. The lowest BCUT2D eigenvalue weighted by atomic mass is 10.2. The van der Waals surface area contributed by atoms with Gasteiger partial charge in [-0.1, -0.05) is 5.16 Å². The molecule has 0 aromatic carbocycles. The highest BCUT2D eigenvalue weighted by Crippen LogP contribution is 2.05. The Morgan fingerprint density at radius 2 is 2.28 bits per heavy atom. The molecular weight excluding hydrogens is 256 g/mol. The van der Waals surface area contributed by atoms with E-state index in [4.69, 9.17) is 10.9 Å². The molecule has 0 aliphatic heterocycles. The minimum absolute atomic E-state index is 0.140. The number of pyridine rings is 1. The number of sulfonamides is 1. The molecule has 0 atom stereocenters. The Hall–Kier alpha value is -1.67. The molecule has 0 bridgehead atoms. The first-order chi connectivity index (χ1) is 8.56. The zero-order valence-corrected chi connectivity index (χ0v) is 10.6. The summed E-state index contributed by atoms with van der Waals surface area (Å²) in [5.41, 5.74) is 5.29. The molecule has 0 saturated heterocycles. The number of nitrogens with two attached hydrogens (primary N) is 1. The molecule has 1 rings (SSSR count). The smallest absolute Gasteiger partial charge is 0.242 e. The number of amidine groups is 1. The molecule has 0 unspecified atom stereocenters. The molecule has 1 aromatic rings. The van der Waals surface area contributed by atoms with Crippen LogP contribution in [0.5, 0.6) is 0 Å². The standard InChI is InChI=1S/C10H16N4O3S/c11-10(14-15)5-1-2-7-13-18(16,17)9-4-3-6-12-8-9/h3-4,6,8,13,15H,1-2,5,7H2,(H2,11,14). The number of hydrogen-bond donors (Lipinski definition) is 3. The predicted molar refractivity (Wildman–Crippen MR) is 66.7 cm³/mol. The van der Waals surface area contributed by atoms with E-state index >= 15 is 0 Å². The molecule has 0 amide bonds. The van der Waals surface area contributed by atoms with Crippen LogP contribution >= 0.6 is 0 Å². The van der Waals surface area contributed by atoms with E-state index in [1.807, 2.05) is 0 Å². The highest BCUT2D eigenvalue weighted by atomic mass is 32.2. The Bertz CT molecular complexity index is 487. The number of unbranched alkanes of at least 4 members (excludes halogenated alkanes) is 1. The molecule has 0 radical (unpaired) electrons. The van der Waals surface area contributed by atoms with Crippen molar-refractivity contribution >= 4 is 15.9 Å². The van der Waals surface area contributed by atoms with Gasteiger partial charge in [0.15, 0.2) is 0 Å². The van der Waals surface area contributed by atoms with Gasteiger partial charge in [0.1, 0.15) is 10.7 Å². The first kappa shape index (κ1) is 14.4. The highest BCUT2D eigenvalue weighted by Gasteiger charge is 2.12. The van der Waals surface area contributed by atoms with Crippen LogP contribution in [0.2, 0.25) is 0 Å². The summed E-state index contributed by atoms with van der Waals surface area (Å²) in [6.45, 7) is 0.302. The SMILES string of the molecule is NC(CCCCNS(=O)(=O)c1cccnc1)=NO. The maximum Gasteiger partial charge on any atom is 0.242 e. The van der Waals surface area contributed by atoms with Crippen molar-refractivity contribution in [3.63, 3.8) is 0 Å². The summed E-state index contributed by atoms with van der Waals surface area (Å²) in [6.07, 6.45) is 4.49. The van der Waals surface area contributed by atoms with Gasteiger partial charge in [-0.05, 0) is 25.0 Å². The van der Waals surface area contributed by atoms with E-state index in [0.29, 0.717) is 25.8 Å². The Labute approximate surface area is 106 Å². The van der Waals surface area contributed by atoms with E-state index < -0.39 is 10.0 Å². The van der Waals surface area contributed by atoms with E-state index in [1.165, 1.54) is 18.5 Å². The molecule has 18 heavy (non-hydrogen) atoms. The van der Waals surface area contributed by atoms with Gasteiger partial charge in [-0.15, -0.1) is 0 Å². The second-order valence-corrected chi connectivity index (χ2v) is 5.40. The average Bonchev–Trinajstić information content (AvgIpc) is 2.39. The summed E-state index contributed by atoms with van der Waals surface area (Å²) in [7, 11) is -3.49. The van der Waals surface area contributed by atoms with Gasteiger partial charge in [0, 0.05) is 25.4 Å². The topological polar surface area (TPSA) is 118 Å². The van der Waals surface area contributed by atoms with E-state index in [2.05, 4.69) is 14.9 Å². The number of hydrogen-bond acceptors (Lipinski definition) is 5. The van der Waals surface area contributed by atoms with Crippen molar-refractivity contribution in [1.82, 2.24) is 9.71 Å². The van der Waals surface area contributed by atoms with Crippen molar-refractivity contribution in [3.8, 4) is 0 Å². The van der Waals surface area contributed by atoms with Crippen LogP contribution in [0.25, 0.3) is 0 Å². The van der Waals surface area contributed by atoms with Crippen LogP contribution in [0.1, 0.15) is 19.3 Å². The lowest BCUT2D eigenvalue weighted by Gasteiger charge is -2.05. The van der Waals surface area contributed by atoms with Crippen LogP contribution in [0.15, 0.2) is 34.6 Å². The second-order valence-electron chi connectivity index (χ2n) is 3.63. The molecule has 0 aliphatic rings. The third-order valence-corrected chi connectivity index (χ3v) is 3.67. The number of aromatic nitrogens is 1. The minimum atomic E-state index is -3.49. The van der Waals surface area contributed by atoms with Gasteiger partial charge in [0.2, 0.25) is 10.0 Å². The van der Waals surface area contributed by atoms with Crippen LogP contribution in [0.3, 0.4) is 0 Å². The molecule has 4 N–H and O–H groups in total. The normalized spacial score (nSPS) is 12.6. The van der Waals surface area contributed by atoms with Crippen LogP contribution in [0.4, 0.5) is 0 Å². The van der Waals surface area contributed by atoms with Crippen molar-refractivity contribution < 1.29 is 13.6 Å². The fourth-order valence-electron chi connectivity index (χ4n) is 1.28. The van der Waals surface area contributed by atoms with E-state index in [0.717, 1.165) is 0 Å². The average molecular weight is 272 g/mol. The van der Waals surface area contributed by atoms with Crippen LogP contribution < -0.4 is 10.5 Å². The van der Waals surface area contributed by atoms with E-state index in [1.54, 1.807) is 6.07 Å². The molecular formula is C10H16N4O3S. The van der Waals surface area contributed by atoms with Crippen molar-refractivity contribution in [2.45, 2.75) is 24.2 Å². The molecule has 0 spiro atoms. The van der Waals surface area contributed by atoms with Crippen LogP contribution in [0, 0.1) is 0 Å². The molecule has 7 nitrogen and oxygen atoms in total. The zero-order chi connectivity index (χ0) is 13.4. The molecule has 1 heterocycles. The summed E-state index contributed by atoms with van der Waals surface area (Å²) in [5, 5.41) is 11.1. The van der Waals surface area contributed by atoms with Crippen LogP contribution in [-0.2, 0) is 10.0 Å². The maximum atomic E-state index is 11.7. The molecule has 0 saturated carbocycles. The van der Waals surface area contributed by atoms with Gasteiger partial charge in [-0.25, -0.2) is 13.1 Å². The Balaban J connectivity index is 2.35. The molecule has 8 heteroatoms. The molecule has 0 aliphatic carbocycles. The first-order valence-corrected chi connectivity index (χ1v) is 6.90. The van der Waals surface area contributed by atoms with Crippen molar-refractivity contribution in [1.29, 1.82) is 0 Å². The van der Waals surface area contributed by atoms with Gasteiger partial charge in [0.25, 0.3) is 0 Å². The summed E-state index contributed by atoms with van der Waals surface area (Å²) in [4.78, 5) is 3.89. The van der Waals surface area contributed by atoms with Gasteiger partial charge in [-0.2, -0.15) is 0 Å². The molecule has 100 valence electrons. The highest BCUT2D eigenvalue weighted by molar-refractivity contribution is 7.89. The van der Waals surface area contributed by atoms with Crippen molar-refractivity contribution in [2.75, 3.05) is 6.54 Å². The lowest BCUT2D eigenvalue weighted by molar-refractivity contribution is 0.316. The number of nitrogens with one attached hydrogen (secondary N) is 1. The fourth-order valence-corrected chi connectivity index (χ4v) is 2.31. The van der Waals surface area contributed by atoms with Crippen molar-refractivity contribution in [3.05, 3.63) is 24.5 Å². The monoisotopic (exact) mass is 272 g/mol. The van der Waals surface area contributed by atoms with E-state index in [-0.39, 0.29) is 10.7 Å². The van der Waals surface area contributed by atoms with Gasteiger partial charge >= 0.3 is 0 Å². The summed E-state index contributed by atoms with van der Waals surface area (Å²) >= 11 is 0. The number of rotatable bonds is 7. The van der Waals surface area contributed by atoms with Gasteiger partial charge in [-0.3, -0.25) is 4.98 Å². The van der Waals surface area contributed by atoms with Crippen LogP contribution in [-0.4, -0.2) is 31.0 Å². The quantitative estimate of drug-likeness (QED) is 0.216. The predicted octanol–water partition coefficient (Wildman–Crippen LogP) is 0.277. The number of nitrogens with zero attached hydrogens (tertiary/aromatic N) is 2. The first-order valence-electron chi connectivity index (χ1n) is 5.42. The molecule has 1 aromatic heterocycles. The summed E-state index contributed by atoms with van der Waals surface area (Å²) in [5.74, 6) is 0.144. The fraction of sp³-hybridized carbons (Fsp3) is 0.400. The molecule has 0 fully saturated rings. The van der Waals surface area contributed by atoms with Gasteiger partial charge < -0.3 is 10.9 Å². The van der Waals surface area contributed by atoms with E-state index in [9.17, 15) is 8.42 Å². The minimum Gasteiger partial charge on any atom is -0.409 e. The third-order valence-electron chi connectivity index (χ3n) is 2.22.